The monoisotopic (exact) mass is 309 g/mol. The first-order chi connectivity index (χ1) is 11.2. The van der Waals surface area contributed by atoms with Crippen molar-refractivity contribution in [1.29, 1.82) is 0 Å². The van der Waals surface area contributed by atoms with E-state index in [-0.39, 0.29) is 17.7 Å². The van der Waals surface area contributed by atoms with Gasteiger partial charge in [0.25, 0.3) is 0 Å². The number of methoxy groups -OCH3 is 1. The van der Waals surface area contributed by atoms with Crippen LogP contribution in [0.1, 0.15) is 10.4 Å². The van der Waals surface area contributed by atoms with Crippen molar-refractivity contribution in [3.63, 3.8) is 0 Å². The van der Waals surface area contributed by atoms with E-state index in [1.54, 1.807) is 12.1 Å². The summed E-state index contributed by atoms with van der Waals surface area (Å²) in [5, 5.41) is 0. The van der Waals surface area contributed by atoms with Crippen LogP contribution in [0, 0.1) is 11.8 Å². The van der Waals surface area contributed by atoms with Crippen molar-refractivity contribution in [1.82, 2.24) is 0 Å². The van der Waals surface area contributed by atoms with E-state index in [4.69, 9.17) is 4.74 Å². The smallest absolute Gasteiger partial charge is 0.311 e. The zero-order valence-corrected chi connectivity index (χ0v) is 13.0. The van der Waals surface area contributed by atoms with E-state index in [2.05, 4.69) is 4.90 Å². The third kappa shape index (κ3) is 3.11. The van der Waals surface area contributed by atoms with Crippen LogP contribution < -0.4 is 4.90 Å². The lowest BCUT2D eigenvalue weighted by Gasteiger charge is -2.18. The lowest BCUT2D eigenvalue weighted by Crippen LogP contribution is -2.29. The molecule has 4 heteroatoms. The van der Waals surface area contributed by atoms with Crippen molar-refractivity contribution >= 4 is 17.4 Å². The normalized spacial score (nSPS) is 20.3. The molecular formula is C19H19NO3. The van der Waals surface area contributed by atoms with Crippen LogP contribution in [-0.2, 0) is 9.53 Å². The number of carbonyl (C=O) groups excluding carboxylic acids is 2. The standard InChI is InChI=1S/C19H19NO3/c1-23-19(22)17-13-20(15-10-6-3-7-11-15)12-16(17)18(21)14-8-4-2-5-9-14/h2-11,16-17H,12-13H2,1H3/t16-,17-/m0/s1. The number of Topliss-reactive ketones (excluding diaryl/α,β-unsaturated/α-hetero) is 1. The number of rotatable bonds is 4. The fraction of sp³-hybridized carbons (Fsp3) is 0.263. The Labute approximate surface area is 135 Å². The summed E-state index contributed by atoms with van der Waals surface area (Å²) in [6.45, 7) is 1.03. The third-order valence-corrected chi connectivity index (χ3v) is 4.34. The summed E-state index contributed by atoms with van der Waals surface area (Å²) in [5.41, 5.74) is 1.66. The fourth-order valence-corrected chi connectivity index (χ4v) is 3.13. The summed E-state index contributed by atoms with van der Waals surface area (Å²) in [5.74, 6) is -1.14. The lowest BCUT2D eigenvalue weighted by molar-refractivity contribution is -0.145. The molecule has 1 saturated heterocycles. The maximum Gasteiger partial charge on any atom is 0.311 e. The number of esters is 1. The Balaban J connectivity index is 1.87. The Morgan fingerprint density at radius 1 is 0.913 bits per heavy atom. The van der Waals surface area contributed by atoms with Crippen LogP contribution >= 0.6 is 0 Å². The highest BCUT2D eigenvalue weighted by atomic mass is 16.5. The van der Waals surface area contributed by atoms with Crippen molar-refractivity contribution in [2.45, 2.75) is 0 Å². The van der Waals surface area contributed by atoms with E-state index in [1.165, 1.54) is 7.11 Å². The van der Waals surface area contributed by atoms with E-state index in [0.29, 0.717) is 18.7 Å². The number of hydrogen-bond donors (Lipinski definition) is 0. The van der Waals surface area contributed by atoms with Crippen LogP contribution in [0.25, 0.3) is 0 Å². The van der Waals surface area contributed by atoms with Gasteiger partial charge in [-0.2, -0.15) is 0 Å². The highest BCUT2D eigenvalue weighted by Crippen LogP contribution is 2.31. The molecule has 0 saturated carbocycles. The molecule has 1 heterocycles. The third-order valence-electron chi connectivity index (χ3n) is 4.34. The second kappa shape index (κ2) is 6.65. The molecule has 0 spiro atoms. The molecule has 1 aliphatic rings. The number of benzene rings is 2. The Kier molecular flexibility index (Phi) is 4.42. The van der Waals surface area contributed by atoms with Crippen molar-refractivity contribution in [3.8, 4) is 0 Å². The van der Waals surface area contributed by atoms with Gasteiger partial charge < -0.3 is 9.64 Å². The van der Waals surface area contributed by atoms with E-state index in [1.807, 2.05) is 48.5 Å². The molecule has 2 atom stereocenters. The Hall–Kier alpha value is -2.62. The average molecular weight is 309 g/mol. The van der Waals surface area contributed by atoms with E-state index in [9.17, 15) is 9.59 Å². The number of hydrogen-bond acceptors (Lipinski definition) is 4. The van der Waals surface area contributed by atoms with Gasteiger partial charge in [0.15, 0.2) is 5.78 Å². The minimum Gasteiger partial charge on any atom is -0.469 e. The molecule has 0 aromatic heterocycles. The SMILES string of the molecule is COC(=O)[C@H]1CN(c2ccccc2)C[C@@H]1C(=O)c1ccccc1. The molecule has 1 aliphatic heterocycles. The first-order valence-electron chi connectivity index (χ1n) is 7.68. The molecule has 2 aromatic rings. The molecule has 1 fully saturated rings. The molecule has 0 radical (unpaired) electrons. The Morgan fingerprint density at radius 2 is 1.48 bits per heavy atom. The summed E-state index contributed by atoms with van der Waals surface area (Å²) in [6, 6.07) is 19.0. The van der Waals surface area contributed by atoms with Gasteiger partial charge in [0.2, 0.25) is 0 Å². The van der Waals surface area contributed by atoms with Crippen molar-refractivity contribution in [3.05, 3.63) is 66.2 Å². The minimum absolute atomic E-state index is 0.000527. The molecule has 118 valence electrons. The van der Waals surface area contributed by atoms with E-state index < -0.39 is 5.92 Å². The molecule has 0 amide bonds. The number of nitrogens with zero attached hydrogens (tertiary/aromatic N) is 1. The van der Waals surface area contributed by atoms with Crippen LogP contribution in [0.3, 0.4) is 0 Å². The van der Waals surface area contributed by atoms with Gasteiger partial charge >= 0.3 is 5.97 Å². The van der Waals surface area contributed by atoms with Crippen molar-refractivity contribution < 1.29 is 14.3 Å². The summed E-state index contributed by atoms with van der Waals surface area (Å²) in [4.78, 5) is 27.0. The molecule has 0 N–H and O–H groups in total. The molecular weight excluding hydrogens is 290 g/mol. The highest BCUT2D eigenvalue weighted by molar-refractivity contribution is 6.01. The van der Waals surface area contributed by atoms with Crippen LogP contribution in [0.2, 0.25) is 0 Å². The van der Waals surface area contributed by atoms with Gasteiger partial charge in [0.1, 0.15) is 0 Å². The van der Waals surface area contributed by atoms with E-state index >= 15 is 0 Å². The molecule has 23 heavy (non-hydrogen) atoms. The van der Waals surface area contributed by atoms with Crippen LogP contribution in [0.5, 0.6) is 0 Å². The zero-order chi connectivity index (χ0) is 16.2. The van der Waals surface area contributed by atoms with Gasteiger partial charge in [-0.05, 0) is 12.1 Å². The number of ether oxygens (including phenoxy) is 1. The number of carbonyl (C=O) groups is 2. The first-order valence-corrected chi connectivity index (χ1v) is 7.68. The number of anilines is 1. The van der Waals surface area contributed by atoms with Gasteiger partial charge in [0.05, 0.1) is 18.9 Å². The Bertz CT molecular complexity index is 684. The zero-order valence-electron chi connectivity index (χ0n) is 13.0. The van der Waals surface area contributed by atoms with Gasteiger partial charge in [-0.3, -0.25) is 9.59 Å². The number of para-hydroxylation sites is 1. The molecule has 0 aliphatic carbocycles. The average Bonchev–Trinajstić information content (AvgIpc) is 3.07. The second-order valence-corrected chi connectivity index (χ2v) is 5.71. The molecule has 3 rings (SSSR count). The van der Waals surface area contributed by atoms with E-state index in [0.717, 1.165) is 5.69 Å². The van der Waals surface area contributed by atoms with Crippen LogP contribution in [0.4, 0.5) is 5.69 Å². The van der Waals surface area contributed by atoms with Crippen molar-refractivity contribution in [2.24, 2.45) is 11.8 Å². The topological polar surface area (TPSA) is 46.6 Å². The van der Waals surface area contributed by atoms with Gasteiger partial charge in [-0.25, -0.2) is 0 Å². The quantitative estimate of drug-likeness (QED) is 0.643. The summed E-state index contributed by atoms with van der Waals surface area (Å²) in [6.07, 6.45) is 0. The van der Waals surface area contributed by atoms with Crippen LogP contribution in [-0.4, -0.2) is 32.0 Å². The summed E-state index contributed by atoms with van der Waals surface area (Å²) in [7, 11) is 1.37. The molecule has 0 unspecified atom stereocenters. The fourth-order valence-electron chi connectivity index (χ4n) is 3.13. The highest BCUT2D eigenvalue weighted by Gasteiger charge is 2.42. The lowest BCUT2D eigenvalue weighted by atomic mass is 9.88. The maximum absolute atomic E-state index is 12.8. The molecule has 0 bridgehead atoms. The number of ketones is 1. The van der Waals surface area contributed by atoms with Crippen molar-refractivity contribution in [2.75, 3.05) is 25.1 Å². The molecule has 4 nitrogen and oxygen atoms in total. The van der Waals surface area contributed by atoms with Crippen LogP contribution in [0.15, 0.2) is 60.7 Å². The summed E-state index contributed by atoms with van der Waals surface area (Å²) >= 11 is 0. The Morgan fingerprint density at radius 3 is 2.09 bits per heavy atom. The largest absolute Gasteiger partial charge is 0.469 e. The van der Waals surface area contributed by atoms with Gasteiger partial charge in [0, 0.05) is 24.3 Å². The van der Waals surface area contributed by atoms with Gasteiger partial charge in [-0.1, -0.05) is 48.5 Å². The van der Waals surface area contributed by atoms with Gasteiger partial charge in [-0.15, -0.1) is 0 Å². The minimum atomic E-state index is -0.437. The summed E-state index contributed by atoms with van der Waals surface area (Å²) < 4.78 is 4.92. The predicted molar refractivity (Wildman–Crippen MR) is 88.4 cm³/mol. The second-order valence-electron chi connectivity index (χ2n) is 5.71. The predicted octanol–water partition coefficient (Wildman–Crippen LogP) is 2.79. The molecule has 2 aromatic carbocycles. The maximum atomic E-state index is 12.8. The first kappa shape index (κ1) is 15.3.